The minimum atomic E-state index is -0.594. The van der Waals surface area contributed by atoms with Crippen LogP contribution < -0.4 is 10.1 Å². The zero-order valence-corrected chi connectivity index (χ0v) is 11.5. The molecule has 0 saturated carbocycles. The molecular weight excluding hydrogens is 264 g/mol. The van der Waals surface area contributed by atoms with Crippen molar-refractivity contribution in [1.82, 2.24) is 5.32 Å². The van der Waals surface area contributed by atoms with Crippen LogP contribution in [0.5, 0.6) is 5.75 Å². The molecule has 0 aliphatic carbocycles. The Labute approximate surface area is 116 Å². The van der Waals surface area contributed by atoms with Crippen molar-refractivity contribution in [3.05, 3.63) is 33.9 Å². The molecule has 1 amide bonds. The first-order valence-corrected chi connectivity index (χ1v) is 6.00. The van der Waals surface area contributed by atoms with Gasteiger partial charge in [-0.1, -0.05) is 13.8 Å². The number of hydrogen-bond acceptors (Lipinski definition) is 5. The maximum Gasteiger partial charge on any atom is 0.310 e. The van der Waals surface area contributed by atoms with Crippen LogP contribution in [0.2, 0.25) is 0 Å². The molecule has 0 aromatic heterocycles. The average Bonchev–Trinajstić information content (AvgIpc) is 2.43. The summed E-state index contributed by atoms with van der Waals surface area (Å²) in [5.41, 5.74) is -0.0219. The van der Waals surface area contributed by atoms with Crippen molar-refractivity contribution in [2.24, 2.45) is 5.92 Å². The van der Waals surface area contributed by atoms with Crippen LogP contribution >= 0.6 is 0 Å². The van der Waals surface area contributed by atoms with Gasteiger partial charge in [0.2, 0.25) is 0 Å². The van der Waals surface area contributed by atoms with Gasteiger partial charge in [0.05, 0.1) is 18.6 Å². The summed E-state index contributed by atoms with van der Waals surface area (Å²) >= 11 is 0. The summed E-state index contributed by atoms with van der Waals surface area (Å²) in [4.78, 5) is 33.4. The number of nitro benzene ring substituents is 1. The molecule has 0 aliphatic rings. The molecule has 7 heteroatoms. The molecule has 1 aromatic rings. The molecule has 0 radical (unpaired) electrons. The normalized spacial score (nSPS) is 10.2. The third-order valence-corrected chi connectivity index (χ3v) is 2.71. The number of benzene rings is 1. The number of ketones is 1. The molecule has 1 N–H and O–H groups in total. The van der Waals surface area contributed by atoms with E-state index in [1.54, 1.807) is 13.8 Å². The fourth-order valence-corrected chi connectivity index (χ4v) is 1.44. The van der Waals surface area contributed by atoms with Gasteiger partial charge in [0.15, 0.2) is 11.5 Å². The molecule has 0 bridgehead atoms. The minimum Gasteiger partial charge on any atom is -0.490 e. The van der Waals surface area contributed by atoms with E-state index in [2.05, 4.69) is 5.32 Å². The zero-order valence-electron chi connectivity index (χ0n) is 11.5. The number of nitrogens with one attached hydrogen (secondary N) is 1. The summed E-state index contributed by atoms with van der Waals surface area (Å²) in [6.45, 7) is 3.41. The monoisotopic (exact) mass is 280 g/mol. The van der Waals surface area contributed by atoms with Crippen LogP contribution in [-0.4, -0.2) is 30.3 Å². The maximum atomic E-state index is 11.8. The lowest BCUT2D eigenvalue weighted by molar-refractivity contribution is -0.385. The van der Waals surface area contributed by atoms with Gasteiger partial charge in [0, 0.05) is 23.6 Å². The lowest BCUT2D eigenvalue weighted by atomic mass is 10.1. The summed E-state index contributed by atoms with van der Waals surface area (Å²) in [7, 11) is 1.28. The Balaban J connectivity index is 2.84. The first kappa shape index (κ1) is 15.6. The summed E-state index contributed by atoms with van der Waals surface area (Å²) in [5.74, 6) is -0.737. The second kappa shape index (κ2) is 6.65. The topological polar surface area (TPSA) is 98.5 Å². The van der Waals surface area contributed by atoms with Crippen LogP contribution in [0.4, 0.5) is 5.69 Å². The van der Waals surface area contributed by atoms with Gasteiger partial charge in [-0.25, -0.2) is 0 Å². The zero-order chi connectivity index (χ0) is 15.3. The molecule has 0 heterocycles. The van der Waals surface area contributed by atoms with E-state index in [9.17, 15) is 19.7 Å². The van der Waals surface area contributed by atoms with Crippen molar-refractivity contribution in [1.29, 1.82) is 0 Å². The molecule has 1 rings (SSSR count). The van der Waals surface area contributed by atoms with Crippen molar-refractivity contribution < 1.29 is 19.2 Å². The van der Waals surface area contributed by atoms with Crippen LogP contribution in [0.3, 0.4) is 0 Å². The molecule has 20 heavy (non-hydrogen) atoms. The van der Waals surface area contributed by atoms with E-state index < -0.39 is 10.8 Å². The number of carbonyl (C=O) groups excluding carboxylic acids is 2. The van der Waals surface area contributed by atoms with Crippen LogP contribution in [0.1, 0.15) is 24.2 Å². The van der Waals surface area contributed by atoms with E-state index in [-0.39, 0.29) is 35.2 Å². The first-order chi connectivity index (χ1) is 9.36. The number of amides is 1. The van der Waals surface area contributed by atoms with Gasteiger partial charge in [-0.05, 0) is 6.07 Å². The van der Waals surface area contributed by atoms with Crippen molar-refractivity contribution in [3.63, 3.8) is 0 Å². The van der Waals surface area contributed by atoms with Crippen LogP contribution in [0.15, 0.2) is 18.2 Å². The van der Waals surface area contributed by atoms with E-state index in [1.807, 2.05) is 0 Å². The number of nitro groups is 1. The predicted octanol–water partition coefficient (Wildman–Crippen LogP) is 1.56. The Hall–Kier alpha value is -2.44. The van der Waals surface area contributed by atoms with Crippen LogP contribution in [-0.2, 0) is 4.79 Å². The van der Waals surface area contributed by atoms with Gasteiger partial charge < -0.3 is 10.1 Å². The highest BCUT2D eigenvalue weighted by molar-refractivity contribution is 5.97. The highest BCUT2D eigenvalue weighted by Crippen LogP contribution is 2.27. The summed E-state index contributed by atoms with van der Waals surface area (Å²) in [6, 6.07) is 3.78. The number of hydrogen-bond donors (Lipinski definition) is 1. The minimum absolute atomic E-state index is 0.00200. The maximum absolute atomic E-state index is 11.8. The van der Waals surface area contributed by atoms with Gasteiger partial charge in [-0.3, -0.25) is 19.7 Å². The van der Waals surface area contributed by atoms with E-state index in [0.29, 0.717) is 0 Å². The lowest BCUT2D eigenvalue weighted by Crippen LogP contribution is -2.31. The van der Waals surface area contributed by atoms with Crippen molar-refractivity contribution >= 4 is 17.4 Å². The van der Waals surface area contributed by atoms with Gasteiger partial charge in [0.1, 0.15) is 0 Å². The lowest BCUT2D eigenvalue weighted by Gasteiger charge is -2.08. The smallest absolute Gasteiger partial charge is 0.310 e. The Morgan fingerprint density at radius 2 is 2.05 bits per heavy atom. The predicted molar refractivity (Wildman–Crippen MR) is 71.8 cm³/mol. The van der Waals surface area contributed by atoms with Crippen LogP contribution in [0.25, 0.3) is 0 Å². The largest absolute Gasteiger partial charge is 0.490 e. The number of methoxy groups -OCH3 is 1. The number of ether oxygens (including phenoxy) is 1. The van der Waals surface area contributed by atoms with E-state index in [0.717, 1.165) is 0 Å². The SMILES string of the molecule is COc1cc(C(=O)NCC(=O)C(C)C)ccc1[N+](=O)[O-]. The van der Waals surface area contributed by atoms with E-state index >= 15 is 0 Å². The number of nitrogens with zero attached hydrogens (tertiary/aromatic N) is 1. The molecule has 7 nitrogen and oxygen atoms in total. The molecule has 0 atom stereocenters. The highest BCUT2D eigenvalue weighted by Gasteiger charge is 2.18. The molecule has 0 aliphatic heterocycles. The van der Waals surface area contributed by atoms with Gasteiger partial charge in [-0.2, -0.15) is 0 Å². The Bertz CT molecular complexity index is 540. The molecule has 1 aromatic carbocycles. The quantitative estimate of drug-likeness (QED) is 0.629. The Kier molecular flexibility index (Phi) is 5.19. The second-order valence-electron chi connectivity index (χ2n) is 4.45. The van der Waals surface area contributed by atoms with Gasteiger partial charge in [0.25, 0.3) is 5.91 Å². The Morgan fingerprint density at radius 1 is 1.40 bits per heavy atom. The Morgan fingerprint density at radius 3 is 2.55 bits per heavy atom. The average molecular weight is 280 g/mol. The third-order valence-electron chi connectivity index (χ3n) is 2.71. The van der Waals surface area contributed by atoms with Gasteiger partial charge >= 0.3 is 5.69 Å². The number of carbonyl (C=O) groups is 2. The van der Waals surface area contributed by atoms with Crippen molar-refractivity contribution in [2.45, 2.75) is 13.8 Å². The molecule has 0 fully saturated rings. The fourth-order valence-electron chi connectivity index (χ4n) is 1.44. The molecule has 0 unspecified atom stereocenters. The number of Topliss-reactive ketones (excluding diaryl/α,β-unsaturated/α-hetero) is 1. The first-order valence-electron chi connectivity index (χ1n) is 6.00. The second-order valence-corrected chi connectivity index (χ2v) is 4.45. The van der Waals surface area contributed by atoms with Crippen molar-refractivity contribution in [3.8, 4) is 5.75 Å². The standard InChI is InChI=1S/C13H16N2O5/c1-8(2)11(16)7-14-13(17)9-4-5-10(15(18)19)12(6-9)20-3/h4-6,8H,7H2,1-3H3,(H,14,17). The fraction of sp³-hybridized carbons (Fsp3) is 0.385. The summed E-state index contributed by atoms with van der Waals surface area (Å²) < 4.78 is 4.87. The van der Waals surface area contributed by atoms with Crippen LogP contribution in [0, 0.1) is 16.0 Å². The van der Waals surface area contributed by atoms with Crippen molar-refractivity contribution in [2.75, 3.05) is 13.7 Å². The van der Waals surface area contributed by atoms with E-state index in [1.165, 1.54) is 25.3 Å². The van der Waals surface area contributed by atoms with E-state index in [4.69, 9.17) is 4.74 Å². The number of rotatable bonds is 6. The van der Waals surface area contributed by atoms with Gasteiger partial charge in [-0.15, -0.1) is 0 Å². The summed E-state index contributed by atoms with van der Waals surface area (Å²) in [6.07, 6.45) is 0. The third kappa shape index (κ3) is 3.78. The summed E-state index contributed by atoms with van der Waals surface area (Å²) in [5, 5.41) is 13.2. The molecule has 0 spiro atoms. The molecular formula is C13H16N2O5. The highest BCUT2D eigenvalue weighted by atomic mass is 16.6. The molecule has 108 valence electrons. The molecule has 0 saturated heterocycles.